The molecule has 2 amide bonds. The number of amides is 2. The summed E-state index contributed by atoms with van der Waals surface area (Å²) in [4.78, 5) is 27.2. The van der Waals surface area contributed by atoms with E-state index >= 15 is 0 Å². The van der Waals surface area contributed by atoms with Gasteiger partial charge in [0, 0.05) is 13.1 Å². The third-order valence-corrected chi connectivity index (χ3v) is 5.96. The zero-order valence-corrected chi connectivity index (χ0v) is 17.6. The summed E-state index contributed by atoms with van der Waals surface area (Å²) in [6, 6.07) is 19.9. The van der Waals surface area contributed by atoms with Crippen LogP contribution in [0.2, 0.25) is 0 Å². The van der Waals surface area contributed by atoms with Crippen molar-refractivity contribution in [3.05, 3.63) is 84.2 Å². The Bertz CT molecular complexity index is 965. The van der Waals surface area contributed by atoms with E-state index in [1.54, 1.807) is 8.61 Å². The van der Waals surface area contributed by atoms with Gasteiger partial charge in [-0.3, -0.25) is 18.2 Å². The highest BCUT2D eigenvalue weighted by Crippen LogP contribution is 2.28. The largest absolute Gasteiger partial charge is 0.273 e. The molecule has 1 saturated heterocycles. The van der Waals surface area contributed by atoms with Crippen LogP contribution in [0, 0.1) is 5.92 Å². The normalized spacial score (nSPS) is 15.2. The van der Waals surface area contributed by atoms with Gasteiger partial charge in [-0.1, -0.05) is 65.6 Å². The van der Waals surface area contributed by atoms with E-state index in [0.717, 1.165) is 16.0 Å². The second-order valence-electron chi connectivity index (χ2n) is 6.97. The second-order valence-corrected chi connectivity index (χ2v) is 8.02. The first-order chi connectivity index (χ1) is 15.2. The van der Waals surface area contributed by atoms with E-state index in [1.165, 1.54) is 30.7 Å². The number of rotatable bonds is 8. The van der Waals surface area contributed by atoms with Gasteiger partial charge in [0.1, 0.15) is 0 Å². The minimum absolute atomic E-state index is 0.280. The van der Waals surface area contributed by atoms with Gasteiger partial charge in [-0.05, 0) is 24.0 Å². The smallest absolute Gasteiger partial charge is 0.251 e. The molecule has 0 spiro atoms. The number of nitrogens with zero attached hydrogens (tertiary/aromatic N) is 6. The Kier molecular flexibility index (Phi) is 6.73. The van der Waals surface area contributed by atoms with Crippen molar-refractivity contribution in [1.29, 1.82) is 0 Å². The van der Waals surface area contributed by atoms with Crippen LogP contribution in [0.25, 0.3) is 0 Å². The fraction of sp³-hybridized carbons (Fsp3) is 0.227. The molecule has 9 heteroatoms. The van der Waals surface area contributed by atoms with E-state index in [-0.39, 0.29) is 11.8 Å². The Morgan fingerprint density at radius 1 is 0.806 bits per heavy atom. The molecule has 0 bridgehead atoms. The highest BCUT2D eigenvalue weighted by atomic mass is 32.2. The molecule has 2 aromatic carbocycles. The molecular formula is C22H22N6O2S. The van der Waals surface area contributed by atoms with Crippen molar-refractivity contribution < 1.29 is 9.59 Å². The summed E-state index contributed by atoms with van der Waals surface area (Å²) in [7, 11) is 0. The summed E-state index contributed by atoms with van der Waals surface area (Å²) in [5, 5.41) is 11.8. The summed E-state index contributed by atoms with van der Waals surface area (Å²) in [6.07, 6.45) is 5.69. The number of carbonyl (C=O) groups is 2. The lowest BCUT2D eigenvalue weighted by Crippen LogP contribution is -2.50. The molecular weight excluding hydrogens is 412 g/mol. The highest BCUT2D eigenvalue weighted by molar-refractivity contribution is 7.95. The van der Waals surface area contributed by atoms with Crippen molar-refractivity contribution in [2.24, 2.45) is 11.0 Å². The quantitative estimate of drug-likeness (QED) is 0.309. The predicted molar refractivity (Wildman–Crippen MR) is 119 cm³/mol. The minimum atomic E-state index is -1.00. The van der Waals surface area contributed by atoms with Crippen molar-refractivity contribution in [1.82, 2.24) is 23.7 Å². The van der Waals surface area contributed by atoms with E-state index in [2.05, 4.69) is 15.3 Å². The SMILES string of the molecule is O=C1C(C=Nn2nccn2)C(=O)N(CCc2ccccc2)SN1CCc1ccccc1. The van der Waals surface area contributed by atoms with Gasteiger partial charge in [0.25, 0.3) is 11.8 Å². The topological polar surface area (TPSA) is 83.7 Å². The van der Waals surface area contributed by atoms with E-state index in [1.807, 2.05) is 60.7 Å². The van der Waals surface area contributed by atoms with Crippen LogP contribution in [0.4, 0.5) is 0 Å². The first-order valence-electron chi connectivity index (χ1n) is 10.0. The fourth-order valence-electron chi connectivity index (χ4n) is 3.19. The highest BCUT2D eigenvalue weighted by Gasteiger charge is 2.40. The summed E-state index contributed by atoms with van der Waals surface area (Å²) < 4.78 is 3.29. The summed E-state index contributed by atoms with van der Waals surface area (Å²) in [5.41, 5.74) is 2.27. The van der Waals surface area contributed by atoms with Crippen molar-refractivity contribution in [2.45, 2.75) is 12.8 Å². The molecule has 0 atom stereocenters. The number of hydrogen-bond donors (Lipinski definition) is 0. The Hall–Kier alpha value is -3.46. The molecule has 3 aromatic rings. The van der Waals surface area contributed by atoms with E-state index < -0.39 is 5.92 Å². The van der Waals surface area contributed by atoms with Gasteiger partial charge in [0.2, 0.25) is 0 Å². The molecule has 158 valence electrons. The standard InChI is InChI=1S/C22H22N6O2S/c29-21-20(17-25-28-23-13-14-24-28)22(30)27(16-12-19-9-5-2-6-10-19)31-26(21)15-11-18-7-3-1-4-8-18/h1-10,13-14,17,20H,11-12,15-16H2. The molecule has 31 heavy (non-hydrogen) atoms. The van der Waals surface area contributed by atoms with Gasteiger partial charge >= 0.3 is 0 Å². The Morgan fingerprint density at radius 3 is 1.77 bits per heavy atom. The molecule has 2 heterocycles. The average molecular weight is 435 g/mol. The summed E-state index contributed by atoms with van der Waals surface area (Å²) in [5.74, 6) is -1.56. The molecule has 0 unspecified atom stereocenters. The number of hydrogen-bond acceptors (Lipinski definition) is 6. The van der Waals surface area contributed by atoms with Gasteiger partial charge in [0.15, 0.2) is 5.92 Å². The van der Waals surface area contributed by atoms with Gasteiger partial charge in [0.05, 0.1) is 30.7 Å². The maximum absolute atomic E-state index is 13.1. The Balaban J connectivity index is 1.49. The molecule has 0 N–H and O–H groups in total. The van der Waals surface area contributed by atoms with E-state index in [9.17, 15) is 9.59 Å². The van der Waals surface area contributed by atoms with Gasteiger partial charge in [-0.15, -0.1) is 15.3 Å². The molecule has 8 nitrogen and oxygen atoms in total. The number of benzene rings is 2. The van der Waals surface area contributed by atoms with Crippen molar-refractivity contribution in [3.8, 4) is 0 Å². The van der Waals surface area contributed by atoms with E-state index in [0.29, 0.717) is 25.9 Å². The molecule has 1 aliphatic heterocycles. The third kappa shape index (κ3) is 5.37. The van der Waals surface area contributed by atoms with Crippen molar-refractivity contribution in [3.63, 3.8) is 0 Å². The van der Waals surface area contributed by atoms with Crippen LogP contribution in [-0.4, -0.2) is 54.8 Å². The molecule has 4 rings (SSSR count). The number of carbonyl (C=O) groups excluding carboxylic acids is 2. The van der Waals surface area contributed by atoms with Gasteiger partial charge in [-0.2, -0.15) is 0 Å². The molecule has 1 aromatic heterocycles. The zero-order valence-electron chi connectivity index (χ0n) is 16.8. The van der Waals surface area contributed by atoms with Crippen molar-refractivity contribution >= 4 is 30.2 Å². The molecule has 0 saturated carbocycles. The second kappa shape index (κ2) is 10.0. The van der Waals surface area contributed by atoms with Crippen LogP contribution >= 0.6 is 12.1 Å². The Labute approximate surface area is 184 Å². The molecule has 1 aliphatic rings. The van der Waals surface area contributed by atoms with Crippen molar-refractivity contribution in [2.75, 3.05) is 13.1 Å². The number of aromatic nitrogens is 3. The van der Waals surface area contributed by atoms with E-state index in [4.69, 9.17) is 0 Å². The predicted octanol–water partition coefficient (Wildman–Crippen LogP) is 2.45. The molecule has 0 aliphatic carbocycles. The maximum atomic E-state index is 13.1. The molecule has 1 fully saturated rings. The lowest BCUT2D eigenvalue weighted by atomic mass is 10.1. The first-order valence-corrected chi connectivity index (χ1v) is 10.7. The zero-order chi connectivity index (χ0) is 21.5. The minimum Gasteiger partial charge on any atom is -0.273 e. The van der Waals surface area contributed by atoms with Crippen LogP contribution < -0.4 is 0 Å². The summed E-state index contributed by atoms with van der Waals surface area (Å²) >= 11 is 1.18. The van der Waals surface area contributed by atoms with Crippen LogP contribution in [0.1, 0.15) is 11.1 Å². The van der Waals surface area contributed by atoms with Crippen LogP contribution in [0.3, 0.4) is 0 Å². The van der Waals surface area contributed by atoms with Crippen LogP contribution in [-0.2, 0) is 22.4 Å². The first kappa shape index (κ1) is 20.8. The third-order valence-electron chi connectivity index (χ3n) is 4.84. The monoisotopic (exact) mass is 434 g/mol. The fourth-order valence-corrected chi connectivity index (χ4v) is 4.16. The van der Waals surface area contributed by atoms with Gasteiger partial charge in [-0.25, -0.2) is 0 Å². The van der Waals surface area contributed by atoms with Gasteiger partial charge < -0.3 is 0 Å². The summed E-state index contributed by atoms with van der Waals surface area (Å²) in [6.45, 7) is 0.986. The average Bonchev–Trinajstić information content (AvgIpc) is 3.33. The van der Waals surface area contributed by atoms with Crippen LogP contribution in [0.15, 0.2) is 78.2 Å². The lowest BCUT2D eigenvalue weighted by molar-refractivity contribution is -0.140. The maximum Gasteiger partial charge on any atom is 0.251 e. The van der Waals surface area contributed by atoms with Crippen LogP contribution in [0.5, 0.6) is 0 Å². The lowest BCUT2D eigenvalue weighted by Gasteiger charge is -2.36. The molecule has 0 radical (unpaired) electrons. The Morgan fingerprint density at radius 2 is 1.29 bits per heavy atom.